The van der Waals surface area contributed by atoms with Crippen LogP contribution in [0.25, 0.3) is 5.82 Å². The molecule has 13 heteroatoms. The third-order valence-corrected chi connectivity index (χ3v) is 9.35. The maximum Gasteiger partial charge on any atom is 0.397 e. The van der Waals surface area contributed by atoms with Gasteiger partial charge in [0.05, 0.1) is 16.2 Å². The van der Waals surface area contributed by atoms with E-state index in [0.717, 1.165) is 23.6 Å². The van der Waals surface area contributed by atoms with E-state index in [-0.39, 0.29) is 35.6 Å². The maximum atomic E-state index is 13.6. The zero-order valence-corrected chi connectivity index (χ0v) is 25.9. The highest BCUT2D eigenvalue weighted by molar-refractivity contribution is 7.98. The first-order valence-electron chi connectivity index (χ1n) is 14.0. The number of amides is 1. The molecule has 2 fully saturated rings. The number of carbonyl (C=O) groups excluding carboxylic acids is 1. The Labute approximate surface area is 248 Å². The van der Waals surface area contributed by atoms with Gasteiger partial charge in [0.1, 0.15) is 17.8 Å². The van der Waals surface area contributed by atoms with Crippen molar-refractivity contribution in [2.45, 2.75) is 77.4 Å². The molecule has 9 nitrogen and oxygen atoms in total. The molecule has 0 aromatic carbocycles. The number of nitrogens with zero attached hydrogens (tertiary/aromatic N) is 6. The van der Waals surface area contributed by atoms with Crippen LogP contribution in [0.5, 0.6) is 5.88 Å². The normalized spacial score (nSPS) is 19.7. The van der Waals surface area contributed by atoms with Crippen LogP contribution in [-0.2, 0) is 7.05 Å². The fourth-order valence-corrected chi connectivity index (χ4v) is 6.07. The van der Waals surface area contributed by atoms with E-state index in [4.69, 9.17) is 9.72 Å². The van der Waals surface area contributed by atoms with Crippen molar-refractivity contribution in [3.8, 4) is 11.7 Å². The van der Waals surface area contributed by atoms with Crippen LogP contribution in [0, 0.1) is 23.7 Å². The molecule has 1 unspecified atom stereocenters. The van der Waals surface area contributed by atoms with Gasteiger partial charge < -0.3 is 9.64 Å². The SMILES string of the molecule is Cc1nn(C)cc1SNC(=O)c1ccc(-n2ccc(OCC3(C(F)(F)F)CC3)n2)nc1N1CC(C(C)(C)C)CC1(C)C. The lowest BCUT2D eigenvalue weighted by molar-refractivity contribution is -0.194. The third-order valence-electron chi connectivity index (χ3n) is 8.44. The van der Waals surface area contributed by atoms with E-state index in [1.54, 1.807) is 23.0 Å². The number of hydrogen-bond donors (Lipinski definition) is 1. The average molecular weight is 606 g/mol. The highest BCUT2D eigenvalue weighted by atomic mass is 32.2. The van der Waals surface area contributed by atoms with E-state index in [9.17, 15) is 18.0 Å². The van der Waals surface area contributed by atoms with Crippen molar-refractivity contribution in [3.63, 3.8) is 0 Å². The molecule has 0 spiro atoms. The van der Waals surface area contributed by atoms with Gasteiger partial charge in [0.25, 0.3) is 5.91 Å². The Balaban J connectivity index is 1.43. The summed E-state index contributed by atoms with van der Waals surface area (Å²) in [5.74, 6) is 1.12. The Morgan fingerprint density at radius 2 is 1.88 bits per heavy atom. The quantitative estimate of drug-likeness (QED) is 0.310. The van der Waals surface area contributed by atoms with Crippen molar-refractivity contribution >= 4 is 23.7 Å². The first-order valence-corrected chi connectivity index (χ1v) is 14.8. The minimum atomic E-state index is -4.30. The second kappa shape index (κ2) is 10.5. The van der Waals surface area contributed by atoms with Gasteiger partial charge in [0, 0.05) is 37.6 Å². The minimum Gasteiger partial charge on any atom is -0.476 e. The third kappa shape index (κ3) is 5.97. The molecule has 1 aliphatic carbocycles. The van der Waals surface area contributed by atoms with E-state index < -0.39 is 18.2 Å². The van der Waals surface area contributed by atoms with Crippen molar-refractivity contribution in [3.05, 3.63) is 41.9 Å². The predicted octanol–water partition coefficient (Wildman–Crippen LogP) is 6.12. The summed E-state index contributed by atoms with van der Waals surface area (Å²) in [6.45, 7) is 13.1. The summed E-state index contributed by atoms with van der Waals surface area (Å²) in [5.41, 5.74) is -0.775. The van der Waals surface area contributed by atoms with Gasteiger partial charge in [-0.15, -0.1) is 5.10 Å². The van der Waals surface area contributed by atoms with Crippen LogP contribution in [0.2, 0.25) is 0 Å². The standard InChI is InChI=1S/C29H38F3N7O2S/c1-18-21(16-37(7)34-18)42-36-25(40)20-8-9-22(33-24(20)38-15-19(26(2,3)4)14-27(38,5)6)39-13-10-23(35-39)41-17-28(11-12-28)29(30,31)32/h8-10,13,16,19H,11-12,14-15,17H2,1-7H3,(H,36,40). The molecule has 1 saturated heterocycles. The highest BCUT2D eigenvalue weighted by Gasteiger charge is 2.64. The van der Waals surface area contributed by atoms with E-state index in [2.05, 4.69) is 54.4 Å². The molecule has 1 aliphatic heterocycles. The zero-order chi connectivity index (χ0) is 30.7. The van der Waals surface area contributed by atoms with Gasteiger partial charge in [-0.25, -0.2) is 9.67 Å². The largest absolute Gasteiger partial charge is 0.476 e. The molecular weight excluding hydrogens is 567 g/mol. The van der Waals surface area contributed by atoms with E-state index in [1.165, 1.54) is 22.7 Å². The first-order chi connectivity index (χ1) is 19.5. The summed E-state index contributed by atoms with van der Waals surface area (Å²) < 4.78 is 51.6. The number of pyridine rings is 1. The Morgan fingerprint density at radius 1 is 1.17 bits per heavy atom. The molecule has 1 saturated carbocycles. The monoisotopic (exact) mass is 605 g/mol. The van der Waals surface area contributed by atoms with Gasteiger partial charge in [0.2, 0.25) is 5.88 Å². The molecule has 1 amide bonds. The molecule has 3 aromatic rings. The maximum absolute atomic E-state index is 13.6. The number of hydrogen-bond acceptors (Lipinski definition) is 7. The number of alkyl halides is 3. The lowest BCUT2D eigenvalue weighted by Gasteiger charge is -2.34. The van der Waals surface area contributed by atoms with E-state index in [1.807, 2.05) is 20.2 Å². The van der Waals surface area contributed by atoms with Crippen LogP contribution in [0.3, 0.4) is 0 Å². The van der Waals surface area contributed by atoms with Gasteiger partial charge in [-0.2, -0.15) is 18.3 Å². The number of nitrogens with one attached hydrogen (secondary N) is 1. The summed E-state index contributed by atoms with van der Waals surface area (Å²) in [7, 11) is 1.83. The van der Waals surface area contributed by atoms with Crippen molar-refractivity contribution in [1.82, 2.24) is 29.3 Å². The number of halogens is 3. The molecule has 228 valence electrons. The van der Waals surface area contributed by atoms with Crippen molar-refractivity contribution in [1.29, 1.82) is 0 Å². The smallest absolute Gasteiger partial charge is 0.397 e. The summed E-state index contributed by atoms with van der Waals surface area (Å²) in [5, 5.41) is 8.68. The van der Waals surface area contributed by atoms with E-state index >= 15 is 0 Å². The topological polar surface area (TPSA) is 90.1 Å². The van der Waals surface area contributed by atoms with Crippen LogP contribution >= 0.6 is 11.9 Å². The molecule has 0 radical (unpaired) electrons. The minimum absolute atomic E-state index is 0.0588. The van der Waals surface area contributed by atoms with Crippen molar-refractivity contribution in [2.24, 2.45) is 23.8 Å². The Bertz CT molecular complexity index is 1470. The molecule has 1 atom stereocenters. The fraction of sp³-hybridized carbons (Fsp3) is 0.586. The van der Waals surface area contributed by atoms with Crippen LogP contribution in [0.15, 0.2) is 35.5 Å². The van der Waals surface area contributed by atoms with Gasteiger partial charge in [-0.05, 0) is 75.4 Å². The van der Waals surface area contributed by atoms with Crippen LogP contribution < -0.4 is 14.4 Å². The molecule has 2 aliphatic rings. The van der Waals surface area contributed by atoms with Gasteiger partial charge in [0.15, 0.2) is 5.82 Å². The van der Waals surface area contributed by atoms with Gasteiger partial charge >= 0.3 is 6.18 Å². The number of ether oxygens (including phenoxy) is 1. The predicted molar refractivity (Wildman–Crippen MR) is 155 cm³/mol. The molecule has 3 aromatic heterocycles. The van der Waals surface area contributed by atoms with Crippen molar-refractivity contribution < 1.29 is 22.7 Å². The summed E-state index contributed by atoms with van der Waals surface area (Å²) >= 11 is 1.20. The van der Waals surface area contributed by atoms with Gasteiger partial charge in [-0.3, -0.25) is 14.2 Å². The lowest BCUT2D eigenvalue weighted by atomic mass is 9.78. The molecular formula is C29H38F3N7O2S. The zero-order valence-electron chi connectivity index (χ0n) is 25.0. The lowest BCUT2D eigenvalue weighted by Crippen LogP contribution is -2.40. The van der Waals surface area contributed by atoms with Crippen LogP contribution in [-0.4, -0.2) is 55.3 Å². The molecule has 42 heavy (non-hydrogen) atoms. The second-order valence-electron chi connectivity index (χ2n) is 13.2. The number of anilines is 1. The summed E-state index contributed by atoms with van der Waals surface area (Å²) in [4.78, 5) is 21.5. The van der Waals surface area contributed by atoms with Crippen molar-refractivity contribution in [2.75, 3.05) is 18.1 Å². The Hall–Kier alpha value is -3.22. The molecule has 4 heterocycles. The molecule has 1 N–H and O–H groups in total. The molecule has 5 rings (SSSR count). The average Bonchev–Trinajstić information content (AvgIpc) is 3.25. The summed E-state index contributed by atoms with van der Waals surface area (Å²) in [6, 6.07) is 4.92. The van der Waals surface area contributed by atoms with E-state index in [0.29, 0.717) is 23.1 Å². The number of aromatic nitrogens is 5. The van der Waals surface area contributed by atoms with Gasteiger partial charge in [-0.1, -0.05) is 20.8 Å². The second-order valence-corrected chi connectivity index (χ2v) is 14.0. The first kappa shape index (κ1) is 30.2. The number of rotatable bonds is 8. The number of carbonyl (C=O) groups is 1. The Kier molecular flexibility index (Phi) is 7.56. The Morgan fingerprint density at radius 3 is 2.45 bits per heavy atom. The number of aryl methyl sites for hydroxylation is 2. The van der Waals surface area contributed by atoms with Crippen LogP contribution in [0.1, 0.15) is 69.9 Å². The highest BCUT2D eigenvalue weighted by Crippen LogP contribution is 2.57. The van der Waals surface area contributed by atoms with Crippen LogP contribution in [0.4, 0.5) is 19.0 Å². The summed E-state index contributed by atoms with van der Waals surface area (Å²) in [6.07, 6.45) is 0.189. The fourth-order valence-electron chi connectivity index (χ4n) is 5.37. The molecule has 0 bridgehead atoms.